The number of allylic oxidation sites excluding steroid dienone is 1. The summed E-state index contributed by atoms with van der Waals surface area (Å²) in [6.07, 6.45) is 3.98. The third-order valence-corrected chi connectivity index (χ3v) is 3.61. The van der Waals surface area contributed by atoms with Gasteiger partial charge < -0.3 is 19.7 Å². The summed E-state index contributed by atoms with van der Waals surface area (Å²) < 4.78 is 11.7. The van der Waals surface area contributed by atoms with E-state index in [0.29, 0.717) is 13.2 Å². The molecule has 5 heteroatoms. The van der Waals surface area contributed by atoms with Gasteiger partial charge in [0.25, 0.3) is 0 Å². The molecule has 1 aromatic rings. The minimum absolute atomic E-state index is 0.0554. The number of hydrogen-bond acceptors (Lipinski definition) is 3. The molecule has 1 aliphatic rings. The van der Waals surface area contributed by atoms with Gasteiger partial charge in [-0.25, -0.2) is 4.99 Å². The number of benzene rings is 1. The van der Waals surface area contributed by atoms with Gasteiger partial charge in [-0.3, -0.25) is 0 Å². The normalized spacial score (nSPS) is 16.8. The van der Waals surface area contributed by atoms with Crippen molar-refractivity contribution in [2.24, 2.45) is 4.99 Å². The van der Waals surface area contributed by atoms with Crippen LogP contribution in [0.3, 0.4) is 0 Å². The molecule has 126 valence electrons. The Bertz CT molecular complexity index is 531. The second-order valence-electron chi connectivity index (χ2n) is 5.54. The number of guanidine groups is 1. The Hall–Kier alpha value is -2.17. The van der Waals surface area contributed by atoms with Crippen LogP contribution >= 0.6 is 0 Å². The molecular weight excluding hydrogens is 290 g/mol. The smallest absolute Gasteiger partial charge is 0.193 e. The van der Waals surface area contributed by atoms with Gasteiger partial charge in [0.15, 0.2) is 23.6 Å². The van der Waals surface area contributed by atoms with Crippen LogP contribution in [-0.4, -0.2) is 50.3 Å². The van der Waals surface area contributed by atoms with Crippen LogP contribution in [0.1, 0.15) is 19.8 Å². The van der Waals surface area contributed by atoms with Crippen LogP contribution in [0.2, 0.25) is 0 Å². The number of para-hydroxylation sites is 2. The van der Waals surface area contributed by atoms with Gasteiger partial charge in [-0.1, -0.05) is 18.2 Å². The van der Waals surface area contributed by atoms with Gasteiger partial charge in [0.1, 0.15) is 6.61 Å². The van der Waals surface area contributed by atoms with Crippen molar-refractivity contribution in [1.82, 2.24) is 10.2 Å². The van der Waals surface area contributed by atoms with Crippen LogP contribution in [-0.2, 0) is 0 Å². The Morgan fingerprint density at radius 2 is 2.22 bits per heavy atom. The zero-order valence-corrected chi connectivity index (χ0v) is 14.1. The van der Waals surface area contributed by atoms with Gasteiger partial charge in [-0.2, -0.15) is 0 Å². The van der Waals surface area contributed by atoms with Crippen LogP contribution in [0.5, 0.6) is 11.5 Å². The second-order valence-corrected chi connectivity index (χ2v) is 5.54. The molecule has 1 unspecified atom stereocenters. The molecule has 1 aliphatic heterocycles. The first-order chi connectivity index (χ1) is 11.2. The van der Waals surface area contributed by atoms with Gasteiger partial charge in [0.2, 0.25) is 0 Å². The van der Waals surface area contributed by atoms with Crippen LogP contribution in [0.25, 0.3) is 0 Å². The molecule has 0 spiro atoms. The van der Waals surface area contributed by atoms with Crippen LogP contribution in [0.15, 0.2) is 41.9 Å². The lowest BCUT2D eigenvalue weighted by Gasteiger charge is -2.26. The number of fused-ring (bicyclic) bond motifs is 1. The van der Waals surface area contributed by atoms with Crippen molar-refractivity contribution in [2.45, 2.75) is 25.9 Å². The van der Waals surface area contributed by atoms with Crippen molar-refractivity contribution >= 4 is 5.96 Å². The summed E-state index contributed by atoms with van der Waals surface area (Å²) >= 11 is 0. The number of nitrogens with zero attached hydrogens (tertiary/aromatic N) is 2. The van der Waals surface area contributed by atoms with Crippen LogP contribution < -0.4 is 14.8 Å². The van der Waals surface area contributed by atoms with Crippen molar-refractivity contribution in [2.75, 3.05) is 33.3 Å². The van der Waals surface area contributed by atoms with Crippen molar-refractivity contribution in [1.29, 1.82) is 0 Å². The van der Waals surface area contributed by atoms with E-state index in [1.54, 1.807) is 0 Å². The predicted molar refractivity (Wildman–Crippen MR) is 94.4 cm³/mol. The fourth-order valence-corrected chi connectivity index (χ4v) is 2.39. The molecular formula is C18H27N3O2. The number of unbranched alkanes of at least 4 members (excludes halogenated alkanes) is 1. The third kappa shape index (κ3) is 5.20. The van der Waals surface area contributed by atoms with E-state index < -0.39 is 0 Å². The summed E-state index contributed by atoms with van der Waals surface area (Å²) in [5, 5.41) is 3.32. The van der Waals surface area contributed by atoms with Gasteiger partial charge in [0, 0.05) is 20.1 Å². The van der Waals surface area contributed by atoms with Gasteiger partial charge in [-0.15, -0.1) is 6.58 Å². The molecule has 0 radical (unpaired) electrons. The van der Waals surface area contributed by atoms with Crippen molar-refractivity contribution in [3.05, 3.63) is 36.9 Å². The molecule has 2 rings (SSSR count). The molecule has 0 amide bonds. The molecule has 0 saturated heterocycles. The molecule has 0 bridgehead atoms. The van der Waals surface area contributed by atoms with Gasteiger partial charge in [-0.05, 0) is 31.9 Å². The highest BCUT2D eigenvalue weighted by Gasteiger charge is 2.20. The summed E-state index contributed by atoms with van der Waals surface area (Å²) in [4.78, 5) is 6.83. The van der Waals surface area contributed by atoms with Crippen molar-refractivity contribution in [3.63, 3.8) is 0 Å². The molecule has 1 aromatic carbocycles. The quantitative estimate of drug-likeness (QED) is 0.363. The van der Waals surface area contributed by atoms with Crippen LogP contribution in [0, 0.1) is 0 Å². The van der Waals surface area contributed by atoms with E-state index in [2.05, 4.69) is 35.8 Å². The van der Waals surface area contributed by atoms with Crippen LogP contribution in [0.4, 0.5) is 0 Å². The van der Waals surface area contributed by atoms with E-state index >= 15 is 0 Å². The minimum Gasteiger partial charge on any atom is -0.486 e. The van der Waals surface area contributed by atoms with E-state index in [9.17, 15) is 0 Å². The van der Waals surface area contributed by atoms with E-state index in [0.717, 1.165) is 43.4 Å². The average Bonchev–Trinajstić information content (AvgIpc) is 2.58. The highest BCUT2D eigenvalue weighted by atomic mass is 16.6. The summed E-state index contributed by atoms with van der Waals surface area (Å²) in [6, 6.07) is 7.75. The van der Waals surface area contributed by atoms with Gasteiger partial charge in [0.05, 0.1) is 6.54 Å². The number of hydrogen-bond donors (Lipinski definition) is 1. The maximum Gasteiger partial charge on any atom is 0.193 e. The fourth-order valence-electron chi connectivity index (χ4n) is 2.39. The topological polar surface area (TPSA) is 46.1 Å². The Morgan fingerprint density at radius 1 is 1.43 bits per heavy atom. The van der Waals surface area contributed by atoms with E-state index in [-0.39, 0.29) is 6.10 Å². The van der Waals surface area contributed by atoms with Gasteiger partial charge >= 0.3 is 0 Å². The molecule has 1 atom stereocenters. The average molecular weight is 317 g/mol. The predicted octanol–water partition coefficient (Wildman–Crippen LogP) is 2.69. The molecule has 0 fully saturated rings. The third-order valence-electron chi connectivity index (χ3n) is 3.61. The first-order valence-corrected chi connectivity index (χ1v) is 8.23. The van der Waals surface area contributed by atoms with E-state index in [1.165, 1.54) is 0 Å². The first kappa shape index (κ1) is 17.2. The Kier molecular flexibility index (Phi) is 6.78. The largest absolute Gasteiger partial charge is 0.486 e. The standard InChI is InChI=1S/C18H27N3O2/c1-4-6-9-12-21(3)18(19-5-2)20-13-15-14-22-16-10-7-8-11-17(16)23-15/h4,7-8,10-11,15H,1,5-6,9,12-14H2,2-3H3,(H,19,20). The summed E-state index contributed by atoms with van der Waals surface area (Å²) in [5.74, 6) is 2.50. The molecule has 23 heavy (non-hydrogen) atoms. The Morgan fingerprint density at radius 3 is 2.96 bits per heavy atom. The van der Waals surface area contributed by atoms with E-state index in [1.807, 2.05) is 30.3 Å². The van der Waals surface area contributed by atoms with E-state index in [4.69, 9.17) is 9.47 Å². The maximum absolute atomic E-state index is 5.95. The molecule has 0 aromatic heterocycles. The number of rotatable bonds is 7. The second kappa shape index (κ2) is 9.08. The number of ether oxygens (including phenoxy) is 2. The zero-order valence-electron chi connectivity index (χ0n) is 14.1. The molecule has 1 N–H and O–H groups in total. The summed E-state index contributed by atoms with van der Waals surface area (Å²) in [6.45, 7) is 8.72. The molecule has 5 nitrogen and oxygen atoms in total. The SMILES string of the molecule is C=CCCCN(C)C(=NCC1COc2ccccc2O1)NCC. The van der Waals surface area contributed by atoms with Crippen molar-refractivity contribution < 1.29 is 9.47 Å². The number of aliphatic imine (C=N–C) groups is 1. The van der Waals surface area contributed by atoms with Crippen molar-refractivity contribution in [3.8, 4) is 11.5 Å². The first-order valence-electron chi connectivity index (χ1n) is 8.23. The highest BCUT2D eigenvalue weighted by molar-refractivity contribution is 5.79. The lowest BCUT2D eigenvalue weighted by Crippen LogP contribution is -2.41. The molecule has 0 aliphatic carbocycles. The lowest BCUT2D eigenvalue weighted by molar-refractivity contribution is 0.0969. The number of nitrogens with one attached hydrogen (secondary N) is 1. The summed E-state index contributed by atoms with van der Waals surface area (Å²) in [7, 11) is 2.05. The fraction of sp³-hybridized carbons (Fsp3) is 0.500. The Balaban J connectivity index is 1.91. The highest BCUT2D eigenvalue weighted by Crippen LogP contribution is 2.30. The maximum atomic E-state index is 5.95. The Labute approximate surface area is 139 Å². The molecule has 1 heterocycles. The lowest BCUT2D eigenvalue weighted by atomic mass is 10.2. The molecule has 0 saturated carbocycles. The zero-order chi connectivity index (χ0) is 16.5. The summed E-state index contributed by atoms with van der Waals surface area (Å²) in [5.41, 5.74) is 0. The monoisotopic (exact) mass is 317 g/mol. The minimum atomic E-state index is -0.0554.